The van der Waals surface area contributed by atoms with Crippen LogP contribution in [0.3, 0.4) is 0 Å². The van der Waals surface area contributed by atoms with Crippen LogP contribution >= 0.6 is 0 Å². The second-order valence-electron chi connectivity index (χ2n) is 9.95. The highest BCUT2D eigenvalue weighted by atomic mass is 16.3. The Labute approximate surface area is 202 Å². The molecule has 0 radical (unpaired) electrons. The molecule has 5 atom stereocenters. The number of amides is 1. The summed E-state index contributed by atoms with van der Waals surface area (Å²) < 4.78 is 0. The highest BCUT2D eigenvalue weighted by Crippen LogP contribution is 2.53. The largest absolute Gasteiger partial charge is 0.508 e. The third-order valence-electron chi connectivity index (χ3n) is 7.53. The average Bonchev–Trinajstić information content (AvgIpc) is 2.75. The van der Waals surface area contributed by atoms with Crippen molar-refractivity contribution in [2.24, 2.45) is 17.6 Å². The fourth-order valence-electron chi connectivity index (χ4n) is 5.91. The van der Waals surface area contributed by atoms with Crippen LogP contribution in [0, 0.1) is 11.8 Å². The van der Waals surface area contributed by atoms with Gasteiger partial charge in [0.2, 0.25) is 5.78 Å². The second kappa shape index (κ2) is 8.47. The summed E-state index contributed by atoms with van der Waals surface area (Å²) in [5.41, 5.74) is 3.12. The molecule has 188 valence electrons. The summed E-state index contributed by atoms with van der Waals surface area (Å²) in [4.78, 5) is 40.3. The van der Waals surface area contributed by atoms with Crippen molar-refractivity contribution >= 4 is 23.2 Å². The molecule has 1 fully saturated rings. The highest BCUT2D eigenvalue weighted by Gasteiger charge is 2.64. The molecule has 35 heavy (non-hydrogen) atoms. The Morgan fingerprint density at radius 1 is 1.23 bits per heavy atom. The molecule has 1 aromatic carbocycles. The molecule has 0 aromatic heterocycles. The smallest absolute Gasteiger partial charge is 0.255 e. The van der Waals surface area contributed by atoms with Gasteiger partial charge < -0.3 is 31.3 Å². The number of fused-ring (bicyclic) bond motifs is 3. The number of carbonyl (C=O) groups excluding carboxylic acids is 3. The zero-order chi connectivity index (χ0) is 26.0. The number of Topliss-reactive ketones (excluding diaryl/α,β-unsaturated/α-hetero) is 2. The Balaban J connectivity index is 1.92. The third-order valence-corrected chi connectivity index (χ3v) is 7.53. The minimum absolute atomic E-state index is 0.0389. The third kappa shape index (κ3) is 3.55. The molecule has 10 heteroatoms. The van der Waals surface area contributed by atoms with Gasteiger partial charge in [-0.3, -0.25) is 19.3 Å². The number of phenols is 1. The van der Waals surface area contributed by atoms with Gasteiger partial charge in [0.25, 0.3) is 5.91 Å². The van der Waals surface area contributed by atoms with E-state index in [9.17, 15) is 39.9 Å². The van der Waals surface area contributed by atoms with Gasteiger partial charge in [0.1, 0.15) is 22.8 Å². The normalized spacial score (nSPS) is 29.1. The Morgan fingerprint density at radius 3 is 2.46 bits per heavy atom. The number of aromatic hydroxyl groups is 1. The minimum atomic E-state index is -2.65. The van der Waals surface area contributed by atoms with Crippen LogP contribution in [0.15, 0.2) is 29.0 Å². The number of hydrogen-bond donors (Lipinski definition) is 6. The van der Waals surface area contributed by atoms with E-state index in [4.69, 9.17) is 5.73 Å². The molecule has 1 saturated carbocycles. The number of aliphatic hydroxyl groups is 4. The van der Waals surface area contributed by atoms with Crippen molar-refractivity contribution in [1.82, 2.24) is 4.90 Å². The quantitative estimate of drug-likeness (QED) is 0.318. The molecule has 1 aromatic rings. The van der Waals surface area contributed by atoms with Crippen molar-refractivity contribution in [1.29, 1.82) is 0 Å². The number of aliphatic hydroxyl groups excluding tert-OH is 3. The molecule has 7 N–H and O–H groups in total. The number of nitrogens with zero attached hydrogens (tertiary/aromatic N) is 1. The van der Waals surface area contributed by atoms with E-state index < -0.39 is 64.1 Å². The number of nitrogens with two attached hydrogens (primary N) is 1. The van der Waals surface area contributed by atoms with Crippen LogP contribution in [0.2, 0.25) is 0 Å². The lowest BCUT2D eigenvalue weighted by Crippen LogP contribution is -2.65. The first-order valence-corrected chi connectivity index (χ1v) is 11.5. The first-order valence-electron chi connectivity index (χ1n) is 11.5. The Kier molecular flexibility index (Phi) is 6.03. The molecule has 0 heterocycles. The van der Waals surface area contributed by atoms with E-state index in [1.54, 1.807) is 27.1 Å². The predicted molar refractivity (Wildman–Crippen MR) is 124 cm³/mol. The molecule has 0 spiro atoms. The molecule has 0 saturated heterocycles. The zero-order valence-corrected chi connectivity index (χ0v) is 19.8. The Morgan fingerprint density at radius 2 is 1.89 bits per heavy atom. The van der Waals surface area contributed by atoms with Crippen molar-refractivity contribution in [2.45, 2.75) is 50.4 Å². The first kappa shape index (κ1) is 24.9. The fraction of sp³-hybridized carbons (Fsp3) is 0.480. The summed E-state index contributed by atoms with van der Waals surface area (Å²) in [5, 5.41) is 53.8. The van der Waals surface area contributed by atoms with Crippen molar-refractivity contribution in [3.05, 3.63) is 45.7 Å². The van der Waals surface area contributed by atoms with Crippen LogP contribution < -0.4 is 5.73 Å². The van der Waals surface area contributed by atoms with Gasteiger partial charge in [0, 0.05) is 11.5 Å². The van der Waals surface area contributed by atoms with Gasteiger partial charge in [0.15, 0.2) is 11.4 Å². The lowest BCUT2D eigenvalue weighted by atomic mass is 9.57. The number of aryl methyl sites for hydroxylation is 1. The first-order chi connectivity index (χ1) is 16.3. The highest BCUT2D eigenvalue weighted by molar-refractivity contribution is 6.24. The van der Waals surface area contributed by atoms with Gasteiger partial charge >= 0.3 is 0 Å². The van der Waals surface area contributed by atoms with E-state index in [1.807, 2.05) is 0 Å². The topological polar surface area (TPSA) is 182 Å². The summed E-state index contributed by atoms with van der Waals surface area (Å²) in [6.07, 6.45) is 0.639. The van der Waals surface area contributed by atoms with Gasteiger partial charge in [-0.1, -0.05) is 6.07 Å². The lowest BCUT2D eigenvalue weighted by molar-refractivity contribution is -0.153. The number of likely N-dealkylation sites (N-methyl/N-ethyl adjacent to an activating group) is 1. The van der Waals surface area contributed by atoms with Crippen LogP contribution in [0.5, 0.6) is 5.75 Å². The van der Waals surface area contributed by atoms with Crippen molar-refractivity contribution < 1.29 is 39.9 Å². The van der Waals surface area contributed by atoms with Gasteiger partial charge in [-0.05, 0) is 69.8 Å². The summed E-state index contributed by atoms with van der Waals surface area (Å²) >= 11 is 0. The van der Waals surface area contributed by atoms with E-state index in [2.05, 4.69) is 0 Å². The molecular formula is C25H30N2O8. The molecule has 3 aliphatic rings. The zero-order valence-electron chi connectivity index (χ0n) is 19.8. The molecule has 3 aliphatic carbocycles. The maximum atomic E-state index is 13.7. The number of rotatable bonds is 5. The summed E-state index contributed by atoms with van der Waals surface area (Å²) in [5.74, 6) is -6.70. The SMILES string of the molecule is CC(O)CCc1ccc(O)c2c1C[C@H]1C[C@H]3[C@H](N(C)C)C(=O)C(C(N)=O)=C(O)[C@@]3(O)C(=O)C1=C2O. The van der Waals surface area contributed by atoms with Crippen molar-refractivity contribution in [3.63, 3.8) is 0 Å². The number of ketones is 2. The second-order valence-corrected chi connectivity index (χ2v) is 9.95. The van der Waals surface area contributed by atoms with Crippen LogP contribution in [0.1, 0.15) is 36.5 Å². The summed E-state index contributed by atoms with van der Waals surface area (Å²) in [6, 6.07) is 1.98. The molecule has 1 unspecified atom stereocenters. The maximum Gasteiger partial charge on any atom is 0.255 e. The van der Waals surface area contributed by atoms with Crippen LogP contribution in [0.25, 0.3) is 5.76 Å². The summed E-state index contributed by atoms with van der Waals surface area (Å²) in [7, 11) is 3.11. The van der Waals surface area contributed by atoms with E-state index in [-0.39, 0.29) is 29.7 Å². The molecular weight excluding hydrogens is 456 g/mol. The van der Waals surface area contributed by atoms with Crippen LogP contribution in [0.4, 0.5) is 0 Å². The van der Waals surface area contributed by atoms with Gasteiger partial charge in [0.05, 0.1) is 17.7 Å². The molecule has 0 aliphatic heterocycles. The number of benzene rings is 1. The summed E-state index contributed by atoms with van der Waals surface area (Å²) in [6.45, 7) is 1.66. The van der Waals surface area contributed by atoms with Gasteiger partial charge in [-0.15, -0.1) is 0 Å². The monoisotopic (exact) mass is 486 g/mol. The number of carbonyl (C=O) groups is 3. The Hall–Kier alpha value is -3.21. The molecule has 10 nitrogen and oxygen atoms in total. The van der Waals surface area contributed by atoms with Crippen molar-refractivity contribution in [2.75, 3.05) is 14.1 Å². The van der Waals surface area contributed by atoms with E-state index in [0.29, 0.717) is 18.4 Å². The van der Waals surface area contributed by atoms with E-state index in [1.165, 1.54) is 11.0 Å². The maximum absolute atomic E-state index is 13.7. The Bertz CT molecular complexity index is 1200. The predicted octanol–water partition coefficient (Wildman–Crippen LogP) is 0.277. The molecule has 0 bridgehead atoms. The fourth-order valence-corrected chi connectivity index (χ4v) is 5.91. The number of hydrogen-bond acceptors (Lipinski definition) is 9. The molecule has 1 amide bonds. The van der Waals surface area contributed by atoms with Crippen LogP contribution in [-0.4, -0.2) is 79.7 Å². The lowest BCUT2D eigenvalue weighted by Gasteiger charge is -2.50. The van der Waals surface area contributed by atoms with E-state index >= 15 is 0 Å². The van der Waals surface area contributed by atoms with Crippen LogP contribution in [-0.2, 0) is 27.2 Å². The van der Waals surface area contributed by atoms with Crippen molar-refractivity contribution in [3.8, 4) is 5.75 Å². The van der Waals surface area contributed by atoms with Gasteiger partial charge in [-0.25, -0.2) is 0 Å². The average molecular weight is 487 g/mol. The minimum Gasteiger partial charge on any atom is -0.508 e. The number of primary amides is 1. The van der Waals surface area contributed by atoms with E-state index in [0.717, 1.165) is 5.56 Å². The molecule has 4 rings (SSSR count). The van der Waals surface area contributed by atoms with Gasteiger partial charge in [-0.2, -0.15) is 0 Å². The number of phenolic OH excluding ortho intramolecular Hbond substituents is 1. The standard InChI is InChI=1S/C25H30N2O8/c1-10(28)4-5-11-6-7-15(29)17-13(11)8-12-9-14-19(27(2)3)21(31)18(24(26)34)23(33)25(14,35)22(32)16(12)20(17)30/h6-7,10,12,14,19,28-30,33,35H,4-5,8-9H2,1-3H3,(H2,26,34)/t10?,12-,14-,19-,25-/m0/s1.